The van der Waals surface area contributed by atoms with Crippen LogP contribution in [0.5, 0.6) is 0 Å². The van der Waals surface area contributed by atoms with Crippen molar-refractivity contribution in [3.8, 4) is 0 Å². The maximum Gasteiger partial charge on any atom is 0.240 e. The Hall–Kier alpha value is -2.32. The molecule has 6 nitrogen and oxygen atoms in total. The van der Waals surface area contributed by atoms with Gasteiger partial charge in [-0.15, -0.1) is 22.7 Å². The maximum atomic E-state index is 11.8. The zero-order chi connectivity index (χ0) is 21.6. The van der Waals surface area contributed by atoms with Gasteiger partial charge >= 0.3 is 0 Å². The number of hydrazone groups is 2. The lowest BCUT2D eigenvalue weighted by Crippen LogP contribution is -2.17. The normalized spacial score (nSPS) is 11.4. The molecule has 0 aliphatic carbocycles. The fraction of sp³-hybridized carbons (Fsp3) is 0.455. The fourth-order valence-electron chi connectivity index (χ4n) is 2.68. The summed E-state index contributed by atoms with van der Waals surface area (Å²) in [5.41, 5.74) is 5.13. The first kappa shape index (κ1) is 24.0. The van der Waals surface area contributed by atoms with Crippen molar-refractivity contribution >= 4 is 46.9 Å². The first-order valence-corrected chi connectivity index (χ1v) is 12.0. The average Bonchev–Trinajstić information content (AvgIpc) is 3.39. The summed E-state index contributed by atoms with van der Waals surface area (Å²) in [5.74, 6) is -0.157. The molecule has 2 aromatic heterocycles. The highest BCUT2D eigenvalue weighted by atomic mass is 32.1. The minimum absolute atomic E-state index is 0.0783. The number of nitrogens with zero attached hydrogens (tertiary/aromatic N) is 2. The van der Waals surface area contributed by atoms with Crippen LogP contribution >= 0.6 is 22.7 Å². The molecule has 8 heteroatoms. The molecule has 2 heterocycles. The number of aryl methyl sites for hydroxylation is 2. The maximum absolute atomic E-state index is 11.8. The Morgan fingerprint density at radius 3 is 1.57 bits per heavy atom. The van der Waals surface area contributed by atoms with Gasteiger partial charge in [-0.3, -0.25) is 9.59 Å². The molecule has 0 bridgehead atoms. The van der Waals surface area contributed by atoms with Crippen molar-refractivity contribution in [2.24, 2.45) is 10.2 Å². The van der Waals surface area contributed by atoms with Gasteiger partial charge in [-0.2, -0.15) is 10.2 Å². The third-order valence-corrected chi connectivity index (χ3v) is 6.71. The number of carbonyl (C=O) groups excluding carboxylic acids is 2. The summed E-state index contributed by atoms with van der Waals surface area (Å²) in [6, 6.07) is 8.16. The van der Waals surface area contributed by atoms with E-state index in [0.29, 0.717) is 12.8 Å². The number of carbonyl (C=O) groups is 2. The average molecular weight is 447 g/mol. The lowest BCUT2D eigenvalue weighted by molar-refractivity contribution is -0.122. The molecule has 0 atom stereocenters. The van der Waals surface area contributed by atoms with E-state index in [0.717, 1.165) is 48.3 Å². The summed E-state index contributed by atoms with van der Waals surface area (Å²) in [7, 11) is 0. The van der Waals surface area contributed by atoms with Gasteiger partial charge < -0.3 is 0 Å². The molecule has 30 heavy (non-hydrogen) atoms. The van der Waals surface area contributed by atoms with Crippen molar-refractivity contribution in [1.29, 1.82) is 0 Å². The molecule has 2 aromatic rings. The van der Waals surface area contributed by atoms with Crippen molar-refractivity contribution in [3.05, 3.63) is 43.8 Å². The molecule has 2 amide bonds. The molecule has 0 unspecified atom stereocenters. The molecule has 0 aromatic carbocycles. The van der Waals surface area contributed by atoms with E-state index in [4.69, 9.17) is 0 Å². The van der Waals surface area contributed by atoms with Crippen molar-refractivity contribution in [3.63, 3.8) is 0 Å². The van der Waals surface area contributed by atoms with Crippen LogP contribution in [-0.2, 0) is 22.4 Å². The van der Waals surface area contributed by atoms with Crippen molar-refractivity contribution in [2.75, 3.05) is 0 Å². The minimum atomic E-state index is -0.0783. The van der Waals surface area contributed by atoms with Crippen LogP contribution in [-0.4, -0.2) is 24.2 Å². The quantitative estimate of drug-likeness (QED) is 0.261. The van der Waals surface area contributed by atoms with E-state index in [1.54, 1.807) is 35.1 Å². The van der Waals surface area contributed by atoms with Crippen LogP contribution in [0.3, 0.4) is 0 Å². The zero-order valence-electron chi connectivity index (χ0n) is 17.6. The van der Waals surface area contributed by atoms with E-state index in [1.165, 1.54) is 9.75 Å². The van der Waals surface area contributed by atoms with Gasteiger partial charge in [0.05, 0.1) is 12.4 Å². The Morgan fingerprint density at radius 2 is 1.20 bits per heavy atom. The standard InChI is InChI=1S/C22H30N4O2S2/c1-3-17-11-13-19(29-17)15-23-25-21(27)9-7-5-6-8-10-22(28)26-24-16-20-14-12-18(4-2)30-20/h11-16H,3-10H2,1-2H3,(H,25,27)(H,26,28)/b23-15+,24-16+. The second kappa shape index (κ2) is 13.8. The Labute approximate surface area is 186 Å². The van der Waals surface area contributed by atoms with Gasteiger partial charge in [-0.25, -0.2) is 10.9 Å². The van der Waals surface area contributed by atoms with Crippen LogP contribution in [0.15, 0.2) is 34.5 Å². The van der Waals surface area contributed by atoms with Gasteiger partial charge in [0, 0.05) is 32.4 Å². The summed E-state index contributed by atoms with van der Waals surface area (Å²) in [5, 5.41) is 8.01. The molecule has 2 rings (SSSR count). The second-order valence-corrected chi connectivity index (χ2v) is 9.22. The molecule has 0 aliphatic heterocycles. The van der Waals surface area contributed by atoms with E-state index in [9.17, 15) is 9.59 Å². The number of rotatable bonds is 13. The summed E-state index contributed by atoms with van der Waals surface area (Å²) < 4.78 is 0. The molecule has 0 saturated heterocycles. The van der Waals surface area contributed by atoms with Crippen LogP contribution in [0, 0.1) is 0 Å². The van der Waals surface area contributed by atoms with E-state index in [1.807, 2.05) is 12.1 Å². The van der Waals surface area contributed by atoms with Gasteiger partial charge in [0.1, 0.15) is 0 Å². The van der Waals surface area contributed by atoms with E-state index >= 15 is 0 Å². The topological polar surface area (TPSA) is 82.9 Å². The Bertz CT molecular complexity index is 785. The monoisotopic (exact) mass is 446 g/mol. The van der Waals surface area contributed by atoms with Crippen LogP contribution in [0.4, 0.5) is 0 Å². The first-order chi connectivity index (χ1) is 14.6. The molecule has 0 aliphatic rings. The highest BCUT2D eigenvalue weighted by Crippen LogP contribution is 2.15. The van der Waals surface area contributed by atoms with Crippen LogP contribution < -0.4 is 10.9 Å². The van der Waals surface area contributed by atoms with Crippen molar-refractivity contribution in [2.45, 2.75) is 65.2 Å². The number of thiophene rings is 2. The first-order valence-electron chi connectivity index (χ1n) is 10.4. The van der Waals surface area contributed by atoms with Gasteiger partial charge in [-0.1, -0.05) is 26.7 Å². The lowest BCUT2D eigenvalue weighted by Gasteiger charge is -2.01. The number of unbranched alkanes of at least 4 members (excludes halogenated alkanes) is 3. The van der Waals surface area contributed by atoms with Crippen LogP contribution in [0.25, 0.3) is 0 Å². The number of hydrogen-bond acceptors (Lipinski definition) is 6. The Kier molecular flexibility index (Phi) is 11.0. The zero-order valence-corrected chi connectivity index (χ0v) is 19.3. The molecule has 0 spiro atoms. The minimum Gasteiger partial charge on any atom is -0.273 e. The summed E-state index contributed by atoms with van der Waals surface area (Å²) in [6.45, 7) is 4.23. The third-order valence-electron chi connectivity index (χ3n) is 4.38. The summed E-state index contributed by atoms with van der Waals surface area (Å²) >= 11 is 3.36. The van der Waals surface area contributed by atoms with Crippen LogP contribution in [0.1, 0.15) is 71.9 Å². The smallest absolute Gasteiger partial charge is 0.240 e. The van der Waals surface area contributed by atoms with Crippen molar-refractivity contribution < 1.29 is 9.59 Å². The molecule has 0 fully saturated rings. The SMILES string of the molecule is CCc1ccc(/C=N/NC(=O)CCCCCCC(=O)N/N=C/c2ccc(CC)s2)s1. The number of nitrogens with one attached hydrogen (secondary N) is 2. The fourth-order valence-corrected chi connectivity index (χ4v) is 4.33. The molecule has 0 saturated carbocycles. The van der Waals surface area contributed by atoms with Crippen LogP contribution in [0.2, 0.25) is 0 Å². The van der Waals surface area contributed by atoms with Crippen molar-refractivity contribution in [1.82, 2.24) is 10.9 Å². The molecular weight excluding hydrogens is 416 g/mol. The van der Waals surface area contributed by atoms with Gasteiger partial charge in [0.25, 0.3) is 0 Å². The Morgan fingerprint density at radius 1 is 0.767 bits per heavy atom. The molecule has 2 N–H and O–H groups in total. The lowest BCUT2D eigenvalue weighted by atomic mass is 10.1. The highest BCUT2D eigenvalue weighted by molar-refractivity contribution is 7.14. The predicted octanol–water partition coefficient (Wildman–Crippen LogP) is 4.88. The molecule has 0 radical (unpaired) electrons. The second-order valence-electron chi connectivity index (χ2n) is 6.82. The summed E-state index contributed by atoms with van der Waals surface area (Å²) in [4.78, 5) is 28.3. The largest absolute Gasteiger partial charge is 0.273 e. The molecular formula is C22H30N4O2S2. The summed E-state index contributed by atoms with van der Waals surface area (Å²) in [6.07, 6.45) is 9.67. The Balaban J connectivity index is 1.48. The van der Waals surface area contributed by atoms with Gasteiger partial charge in [-0.05, 0) is 49.9 Å². The van der Waals surface area contributed by atoms with E-state index in [2.05, 4.69) is 47.0 Å². The highest BCUT2D eigenvalue weighted by Gasteiger charge is 2.02. The van der Waals surface area contributed by atoms with Gasteiger partial charge in [0.2, 0.25) is 11.8 Å². The van der Waals surface area contributed by atoms with E-state index < -0.39 is 0 Å². The third kappa shape index (κ3) is 9.45. The van der Waals surface area contributed by atoms with Gasteiger partial charge in [0.15, 0.2) is 0 Å². The number of amides is 2. The number of hydrogen-bond donors (Lipinski definition) is 2. The molecule has 162 valence electrons. The predicted molar refractivity (Wildman–Crippen MR) is 127 cm³/mol. The van der Waals surface area contributed by atoms with E-state index in [-0.39, 0.29) is 11.8 Å².